The zero-order chi connectivity index (χ0) is 10.4. The van der Waals surface area contributed by atoms with Crippen molar-refractivity contribution in [3.8, 4) is 0 Å². The van der Waals surface area contributed by atoms with Crippen LogP contribution in [0.4, 0.5) is 0 Å². The highest BCUT2D eigenvalue weighted by atomic mass is 32.2. The van der Waals surface area contributed by atoms with Crippen LogP contribution < -0.4 is 5.73 Å². The van der Waals surface area contributed by atoms with Gasteiger partial charge in [0.2, 0.25) is 0 Å². The Labute approximate surface area is 92.5 Å². The maximum absolute atomic E-state index is 6.18. The van der Waals surface area contributed by atoms with Crippen molar-refractivity contribution in [1.82, 2.24) is 0 Å². The molecule has 0 spiro atoms. The van der Waals surface area contributed by atoms with Crippen molar-refractivity contribution in [3.63, 3.8) is 0 Å². The number of rotatable bonds is 3. The molecule has 0 aliphatic heterocycles. The Bertz CT molecular complexity index is 170. The van der Waals surface area contributed by atoms with Gasteiger partial charge >= 0.3 is 0 Å². The fourth-order valence-corrected chi connectivity index (χ4v) is 3.17. The first-order valence-electron chi connectivity index (χ1n) is 5.79. The minimum Gasteiger partial charge on any atom is -0.327 e. The monoisotopic (exact) mass is 213 g/mol. The molecule has 2 unspecified atom stereocenters. The molecule has 1 nitrogen and oxygen atoms in total. The third-order valence-corrected chi connectivity index (χ3v) is 4.46. The van der Waals surface area contributed by atoms with Gasteiger partial charge < -0.3 is 5.73 Å². The molecule has 82 valence electrons. The molecular formula is C12H23NS. The van der Waals surface area contributed by atoms with Gasteiger partial charge in [0.15, 0.2) is 0 Å². The van der Waals surface area contributed by atoms with Gasteiger partial charge in [-0.1, -0.05) is 32.8 Å². The van der Waals surface area contributed by atoms with Crippen LogP contribution in [0.5, 0.6) is 0 Å². The van der Waals surface area contributed by atoms with Crippen molar-refractivity contribution >= 4 is 11.8 Å². The molecule has 1 saturated carbocycles. The zero-order valence-corrected chi connectivity index (χ0v) is 10.1. The van der Waals surface area contributed by atoms with Gasteiger partial charge in [0.25, 0.3) is 0 Å². The van der Waals surface area contributed by atoms with E-state index in [-0.39, 0.29) is 0 Å². The smallest absolute Gasteiger partial charge is 0.0240 e. The van der Waals surface area contributed by atoms with Crippen LogP contribution in [0.1, 0.15) is 45.4 Å². The summed E-state index contributed by atoms with van der Waals surface area (Å²) in [6.45, 7) is 6.08. The molecule has 0 radical (unpaired) electrons. The van der Waals surface area contributed by atoms with Crippen molar-refractivity contribution in [3.05, 3.63) is 12.0 Å². The second-order valence-corrected chi connectivity index (χ2v) is 5.50. The molecule has 2 N–H and O–H groups in total. The van der Waals surface area contributed by atoms with Crippen molar-refractivity contribution in [2.75, 3.05) is 0 Å². The highest BCUT2D eigenvalue weighted by molar-refractivity contribution is 8.02. The molecule has 1 aliphatic carbocycles. The summed E-state index contributed by atoms with van der Waals surface area (Å²) < 4.78 is 0. The number of hydrogen-bond donors (Lipinski definition) is 1. The summed E-state index contributed by atoms with van der Waals surface area (Å²) >= 11 is 1.83. The second kappa shape index (κ2) is 6.52. The van der Waals surface area contributed by atoms with Gasteiger partial charge in [0, 0.05) is 11.3 Å². The first-order valence-corrected chi connectivity index (χ1v) is 6.74. The first-order chi connectivity index (χ1) is 6.77. The highest BCUT2D eigenvalue weighted by Crippen LogP contribution is 2.30. The number of hydrogen-bond acceptors (Lipinski definition) is 2. The first kappa shape index (κ1) is 12.1. The summed E-state index contributed by atoms with van der Waals surface area (Å²) in [6, 6.07) is 0.382. The van der Waals surface area contributed by atoms with Gasteiger partial charge in [-0.2, -0.15) is 0 Å². The standard InChI is InChI=1S/C12H23NS/c1-3-10-6-5-7-12(14-4-2)11(13)9-8-10/h4,10-12H,2-3,5-9,13H2,1H3/t10?,11-,12?/m0/s1. The molecule has 1 fully saturated rings. The van der Waals surface area contributed by atoms with E-state index in [9.17, 15) is 0 Å². The lowest BCUT2D eigenvalue weighted by atomic mass is 9.87. The van der Waals surface area contributed by atoms with Crippen molar-refractivity contribution in [2.45, 2.75) is 56.7 Å². The van der Waals surface area contributed by atoms with E-state index < -0.39 is 0 Å². The van der Waals surface area contributed by atoms with Gasteiger partial charge in [0.05, 0.1) is 0 Å². The van der Waals surface area contributed by atoms with Crippen LogP contribution in [-0.4, -0.2) is 11.3 Å². The molecule has 0 amide bonds. The fourth-order valence-electron chi connectivity index (χ4n) is 2.28. The van der Waals surface area contributed by atoms with Crippen LogP contribution in [0.15, 0.2) is 12.0 Å². The lowest BCUT2D eigenvalue weighted by Gasteiger charge is -2.28. The molecule has 0 heterocycles. The Morgan fingerprint density at radius 2 is 2.14 bits per heavy atom. The van der Waals surface area contributed by atoms with Crippen LogP contribution in [0, 0.1) is 5.92 Å². The van der Waals surface area contributed by atoms with Gasteiger partial charge in [-0.3, -0.25) is 0 Å². The van der Waals surface area contributed by atoms with E-state index in [1.54, 1.807) is 0 Å². The van der Waals surface area contributed by atoms with Crippen LogP contribution in [0.25, 0.3) is 0 Å². The minimum atomic E-state index is 0.382. The molecule has 0 saturated heterocycles. The van der Waals surface area contributed by atoms with E-state index in [0.29, 0.717) is 11.3 Å². The SMILES string of the molecule is C=CSC1CCCC(CC)CC[C@@H]1N. The highest BCUT2D eigenvalue weighted by Gasteiger charge is 2.21. The summed E-state index contributed by atoms with van der Waals surface area (Å²) in [6.07, 6.45) is 7.87. The average molecular weight is 213 g/mol. The Morgan fingerprint density at radius 1 is 1.36 bits per heavy atom. The maximum atomic E-state index is 6.18. The van der Waals surface area contributed by atoms with E-state index in [1.165, 1.54) is 38.5 Å². The fraction of sp³-hybridized carbons (Fsp3) is 0.833. The van der Waals surface area contributed by atoms with E-state index in [0.717, 1.165) is 5.92 Å². The predicted octanol–water partition coefficient (Wildman–Crippen LogP) is 3.55. The summed E-state index contributed by atoms with van der Waals surface area (Å²) in [5.41, 5.74) is 6.18. The lowest BCUT2D eigenvalue weighted by Crippen LogP contribution is -2.34. The van der Waals surface area contributed by atoms with Crippen molar-refractivity contribution in [1.29, 1.82) is 0 Å². The number of nitrogens with two attached hydrogens (primary N) is 1. The van der Waals surface area contributed by atoms with Gasteiger partial charge in [0.1, 0.15) is 0 Å². The van der Waals surface area contributed by atoms with Crippen LogP contribution in [0.2, 0.25) is 0 Å². The second-order valence-electron chi connectivity index (χ2n) is 4.29. The molecular weight excluding hydrogens is 190 g/mol. The van der Waals surface area contributed by atoms with E-state index >= 15 is 0 Å². The largest absolute Gasteiger partial charge is 0.327 e. The zero-order valence-electron chi connectivity index (χ0n) is 9.24. The Balaban J connectivity index is 2.41. The molecule has 0 bridgehead atoms. The molecule has 14 heavy (non-hydrogen) atoms. The van der Waals surface area contributed by atoms with Gasteiger partial charge in [-0.25, -0.2) is 0 Å². The van der Waals surface area contributed by atoms with Gasteiger partial charge in [-0.15, -0.1) is 11.8 Å². The predicted molar refractivity (Wildman–Crippen MR) is 66.4 cm³/mol. The summed E-state index contributed by atoms with van der Waals surface area (Å²) in [7, 11) is 0. The van der Waals surface area contributed by atoms with E-state index in [1.807, 2.05) is 17.2 Å². The molecule has 1 rings (SSSR count). The summed E-state index contributed by atoms with van der Waals surface area (Å²) in [5, 5.41) is 2.56. The minimum absolute atomic E-state index is 0.382. The Kier molecular flexibility index (Phi) is 5.64. The normalized spacial score (nSPS) is 34.6. The maximum Gasteiger partial charge on any atom is 0.0240 e. The summed E-state index contributed by atoms with van der Waals surface area (Å²) in [5.74, 6) is 0.927. The van der Waals surface area contributed by atoms with Crippen LogP contribution in [0.3, 0.4) is 0 Å². The van der Waals surface area contributed by atoms with Crippen LogP contribution in [-0.2, 0) is 0 Å². The molecule has 1 aliphatic rings. The quantitative estimate of drug-likeness (QED) is 0.776. The van der Waals surface area contributed by atoms with E-state index in [4.69, 9.17) is 5.73 Å². The molecule has 0 aromatic heterocycles. The summed E-state index contributed by atoms with van der Waals surface area (Å²) in [4.78, 5) is 0. The van der Waals surface area contributed by atoms with Crippen molar-refractivity contribution < 1.29 is 0 Å². The van der Waals surface area contributed by atoms with Gasteiger partial charge in [-0.05, 0) is 30.6 Å². The Morgan fingerprint density at radius 3 is 2.79 bits per heavy atom. The van der Waals surface area contributed by atoms with E-state index in [2.05, 4.69) is 13.5 Å². The third kappa shape index (κ3) is 3.66. The van der Waals surface area contributed by atoms with Crippen molar-refractivity contribution in [2.24, 2.45) is 11.7 Å². The topological polar surface area (TPSA) is 26.0 Å². The van der Waals surface area contributed by atoms with Crippen LogP contribution >= 0.6 is 11.8 Å². The molecule has 3 atom stereocenters. The third-order valence-electron chi connectivity index (χ3n) is 3.34. The molecule has 0 aromatic carbocycles. The lowest BCUT2D eigenvalue weighted by molar-refractivity contribution is 0.353. The number of thioether (sulfide) groups is 1. The molecule has 2 heteroatoms. The molecule has 0 aromatic rings. The Hall–Kier alpha value is 0.0500. The average Bonchev–Trinajstić information content (AvgIpc) is 2.18.